The first-order valence-electron chi connectivity index (χ1n) is 7.90. The fourth-order valence-electron chi connectivity index (χ4n) is 3.50. The first kappa shape index (κ1) is 14.6. The van der Waals surface area contributed by atoms with Crippen molar-refractivity contribution in [2.45, 2.75) is 38.1 Å². The standard InChI is InChI=1S/C17H25BrN2/c1-20-8-6-13(7-9-20)12-19-17-5-3-14-10-16(18)4-2-15(14)11-17/h2,4,10,13,17,19H,3,5-9,11-12H2,1H3. The SMILES string of the molecule is CN1CCC(CNC2CCc3cc(Br)ccc3C2)CC1. The number of hydrogen-bond donors (Lipinski definition) is 1. The number of nitrogens with one attached hydrogen (secondary N) is 1. The van der Waals surface area contributed by atoms with Gasteiger partial charge in [0.2, 0.25) is 0 Å². The van der Waals surface area contributed by atoms with E-state index in [-0.39, 0.29) is 0 Å². The van der Waals surface area contributed by atoms with E-state index in [1.165, 1.54) is 61.8 Å². The molecule has 0 aromatic heterocycles. The molecule has 20 heavy (non-hydrogen) atoms. The summed E-state index contributed by atoms with van der Waals surface area (Å²) < 4.78 is 1.22. The number of halogens is 1. The van der Waals surface area contributed by atoms with Gasteiger partial charge in [-0.15, -0.1) is 0 Å². The van der Waals surface area contributed by atoms with Crippen molar-refractivity contribution in [1.29, 1.82) is 0 Å². The Balaban J connectivity index is 1.49. The number of hydrogen-bond acceptors (Lipinski definition) is 2. The molecule has 0 bridgehead atoms. The van der Waals surface area contributed by atoms with Gasteiger partial charge in [-0.05, 0) is 88.0 Å². The highest BCUT2D eigenvalue weighted by Gasteiger charge is 2.21. The quantitative estimate of drug-likeness (QED) is 0.911. The van der Waals surface area contributed by atoms with Crippen LogP contribution in [0.5, 0.6) is 0 Å². The summed E-state index contributed by atoms with van der Waals surface area (Å²) in [6, 6.07) is 7.45. The first-order chi connectivity index (χ1) is 9.70. The zero-order valence-electron chi connectivity index (χ0n) is 12.4. The molecule has 1 aromatic carbocycles. The van der Waals surface area contributed by atoms with Crippen LogP contribution in [-0.2, 0) is 12.8 Å². The molecule has 1 aliphatic heterocycles. The van der Waals surface area contributed by atoms with E-state index in [1.807, 2.05) is 0 Å². The van der Waals surface area contributed by atoms with Crippen molar-refractivity contribution in [2.75, 3.05) is 26.7 Å². The summed E-state index contributed by atoms with van der Waals surface area (Å²) >= 11 is 3.57. The van der Waals surface area contributed by atoms with Crippen LogP contribution in [0.15, 0.2) is 22.7 Å². The van der Waals surface area contributed by atoms with Crippen molar-refractivity contribution in [3.8, 4) is 0 Å². The fourth-order valence-corrected chi connectivity index (χ4v) is 3.91. The summed E-state index contributed by atoms with van der Waals surface area (Å²) in [4.78, 5) is 2.45. The molecule has 3 rings (SSSR count). The zero-order valence-corrected chi connectivity index (χ0v) is 14.0. The molecule has 1 fully saturated rings. The van der Waals surface area contributed by atoms with Gasteiger partial charge < -0.3 is 10.2 Å². The average molecular weight is 337 g/mol. The van der Waals surface area contributed by atoms with Crippen molar-refractivity contribution in [1.82, 2.24) is 10.2 Å². The topological polar surface area (TPSA) is 15.3 Å². The van der Waals surface area contributed by atoms with E-state index in [1.54, 1.807) is 5.56 Å². The first-order valence-corrected chi connectivity index (χ1v) is 8.69. The number of aryl methyl sites for hydroxylation is 1. The second-order valence-electron chi connectivity index (χ2n) is 6.51. The van der Waals surface area contributed by atoms with Gasteiger partial charge in [-0.3, -0.25) is 0 Å². The molecule has 1 saturated heterocycles. The Kier molecular flexibility index (Phi) is 4.79. The lowest BCUT2D eigenvalue weighted by Crippen LogP contribution is -2.40. The van der Waals surface area contributed by atoms with Gasteiger partial charge in [0, 0.05) is 10.5 Å². The van der Waals surface area contributed by atoms with Gasteiger partial charge in [0.15, 0.2) is 0 Å². The number of nitrogens with zero attached hydrogens (tertiary/aromatic N) is 1. The Morgan fingerprint density at radius 2 is 2.00 bits per heavy atom. The molecule has 0 amide bonds. The lowest BCUT2D eigenvalue weighted by atomic mass is 9.87. The maximum Gasteiger partial charge on any atom is 0.0178 e. The van der Waals surface area contributed by atoms with Crippen molar-refractivity contribution < 1.29 is 0 Å². The summed E-state index contributed by atoms with van der Waals surface area (Å²) in [5.74, 6) is 0.887. The highest BCUT2D eigenvalue weighted by atomic mass is 79.9. The third-order valence-electron chi connectivity index (χ3n) is 4.93. The van der Waals surface area contributed by atoms with E-state index in [2.05, 4.69) is 51.4 Å². The molecule has 1 aliphatic carbocycles. The maximum atomic E-state index is 3.83. The van der Waals surface area contributed by atoms with Crippen molar-refractivity contribution in [2.24, 2.45) is 5.92 Å². The Morgan fingerprint density at radius 1 is 1.20 bits per heavy atom. The van der Waals surface area contributed by atoms with E-state index in [0.717, 1.165) is 5.92 Å². The molecule has 110 valence electrons. The number of benzene rings is 1. The van der Waals surface area contributed by atoms with Crippen LogP contribution in [0.2, 0.25) is 0 Å². The number of rotatable bonds is 3. The van der Waals surface area contributed by atoms with E-state index in [0.29, 0.717) is 6.04 Å². The van der Waals surface area contributed by atoms with Gasteiger partial charge in [0.1, 0.15) is 0 Å². The minimum absolute atomic E-state index is 0.684. The van der Waals surface area contributed by atoms with Crippen LogP contribution in [0.4, 0.5) is 0 Å². The molecule has 1 aromatic rings. The summed E-state index contributed by atoms with van der Waals surface area (Å²) in [7, 11) is 2.24. The second kappa shape index (κ2) is 6.59. The summed E-state index contributed by atoms with van der Waals surface area (Å²) in [5.41, 5.74) is 3.08. The minimum atomic E-state index is 0.684. The zero-order chi connectivity index (χ0) is 13.9. The van der Waals surface area contributed by atoms with Crippen LogP contribution in [0, 0.1) is 5.92 Å². The predicted molar refractivity (Wildman–Crippen MR) is 88.2 cm³/mol. The number of likely N-dealkylation sites (tertiary alicyclic amines) is 1. The van der Waals surface area contributed by atoms with Crippen molar-refractivity contribution in [3.63, 3.8) is 0 Å². The van der Waals surface area contributed by atoms with E-state index in [9.17, 15) is 0 Å². The van der Waals surface area contributed by atoms with Gasteiger partial charge >= 0.3 is 0 Å². The minimum Gasteiger partial charge on any atom is -0.313 e. The van der Waals surface area contributed by atoms with E-state index >= 15 is 0 Å². The van der Waals surface area contributed by atoms with Crippen LogP contribution in [0.1, 0.15) is 30.4 Å². The lowest BCUT2D eigenvalue weighted by molar-refractivity contribution is 0.211. The third-order valence-corrected chi connectivity index (χ3v) is 5.42. The normalized spacial score (nSPS) is 24.6. The molecule has 0 saturated carbocycles. The maximum absolute atomic E-state index is 3.83. The molecule has 2 nitrogen and oxygen atoms in total. The lowest BCUT2D eigenvalue weighted by Gasteiger charge is -2.32. The van der Waals surface area contributed by atoms with Gasteiger partial charge in [-0.2, -0.15) is 0 Å². The smallest absolute Gasteiger partial charge is 0.0178 e. The highest BCUT2D eigenvalue weighted by Crippen LogP contribution is 2.25. The van der Waals surface area contributed by atoms with Crippen LogP contribution >= 0.6 is 15.9 Å². The Morgan fingerprint density at radius 3 is 2.80 bits per heavy atom. The fraction of sp³-hybridized carbons (Fsp3) is 0.647. The predicted octanol–water partition coefficient (Wildman–Crippen LogP) is 3.24. The van der Waals surface area contributed by atoms with Crippen LogP contribution in [0.3, 0.4) is 0 Å². The third kappa shape index (κ3) is 3.63. The molecule has 1 atom stereocenters. The molecule has 3 heteroatoms. The van der Waals surface area contributed by atoms with Crippen LogP contribution in [0.25, 0.3) is 0 Å². The van der Waals surface area contributed by atoms with Gasteiger partial charge in [0.25, 0.3) is 0 Å². The molecule has 0 spiro atoms. The molecule has 1 unspecified atom stereocenters. The Labute approximate surface area is 131 Å². The largest absolute Gasteiger partial charge is 0.313 e. The summed E-state index contributed by atoms with van der Waals surface area (Å²) in [6.45, 7) is 3.76. The molecule has 1 heterocycles. The van der Waals surface area contributed by atoms with Gasteiger partial charge in [0.05, 0.1) is 0 Å². The van der Waals surface area contributed by atoms with Crippen LogP contribution < -0.4 is 5.32 Å². The van der Waals surface area contributed by atoms with Gasteiger partial charge in [-0.1, -0.05) is 22.0 Å². The van der Waals surface area contributed by atoms with Gasteiger partial charge in [-0.25, -0.2) is 0 Å². The van der Waals surface area contributed by atoms with Crippen LogP contribution in [-0.4, -0.2) is 37.6 Å². The highest BCUT2D eigenvalue weighted by molar-refractivity contribution is 9.10. The molecular weight excluding hydrogens is 312 g/mol. The molecule has 0 radical (unpaired) electrons. The van der Waals surface area contributed by atoms with E-state index < -0.39 is 0 Å². The number of piperidine rings is 1. The second-order valence-corrected chi connectivity index (χ2v) is 7.42. The molecular formula is C17H25BrN2. The van der Waals surface area contributed by atoms with Crippen molar-refractivity contribution >= 4 is 15.9 Å². The Bertz CT molecular complexity index is 452. The number of fused-ring (bicyclic) bond motifs is 1. The molecule has 2 aliphatic rings. The van der Waals surface area contributed by atoms with Crippen molar-refractivity contribution in [3.05, 3.63) is 33.8 Å². The van der Waals surface area contributed by atoms with E-state index in [4.69, 9.17) is 0 Å². The summed E-state index contributed by atoms with van der Waals surface area (Å²) in [5, 5.41) is 3.83. The Hall–Kier alpha value is -0.380. The monoisotopic (exact) mass is 336 g/mol. The average Bonchev–Trinajstić information content (AvgIpc) is 2.46. The molecule has 1 N–H and O–H groups in total. The summed E-state index contributed by atoms with van der Waals surface area (Å²) in [6.07, 6.45) is 6.44.